The van der Waals surface area contributed by atoms with E-state index in [4.69, 9.17) is 0 Å². The Kier molecular flexibility index (Phi) is 5.71. The zero-order chi connectivity index (χ0) is 18.1. The number of sulfonamides is 1. The fourth-order valence-electron chi connectivity index (χ4n) is 2.51. The van der Waals surface area contributed by atoms with Gasteiger partial charge in [-0.25, -0.2) is 12.8 Å². The van der Waals surface area contributed by atoms with Gasteiger partial charge in [0, 0.05) is 6.54 Å². The first kappa shape index (κ1) is 18.9. The molecule has 2 aromatic rings. The van der Waals surface area contributed by atoms with Crippen LogP contribution in [0.2, 0.25) is 0 Å². The predicted molar refractivity (Wildman–Crippen MR) is 99.4 cm³/mol. The summed E-state index contributed by atoms with van der Waals surface area (Å²) in [5, 5.41) is 0. The molecule has 0 saturated carbocycles. The van der Waals surface area contributed by atoms with Crippen molar-refractivity contribution in [3.63, 3.8) is 0 Å². The molecule has 0 amide bonds. The van der Waals surface area contributed by atoms with Crippen molar-refractivity contribution >= 4 is 31.6 Å². The maximum Gasteiger partial charge on any atom is 0.264 e. The first-order valence-electron chi connectivity index (χ1n) is 7.68. The third-order valence-corrected chi connectivity index (χ3v) is 6.05. The second-order valence-corrected chi connectivity index (χ2v) is 9.01. The molecule has 6 heteroatoms. The molecule has 0 heterocycles. The van der Waals surface area contributed by atoms with Gasteiger partial charge in [0.25, 0.3) is 10.0 Å². The molecule has 0 bridgehead atoms. The van der Waals surface area contributed by atoms with Crippen molar-refractivity contribution in [1.29, 1.82) is 0 Å². The van der Waals surface area contributed by atoms with Crippen molar-refractivity contribution in [2.45, 2.75) is 32.6 Å². The van der Waals surface area contributed by atoms with Gasteiger partial charge in [0.2, 0.25) is 0 Å². The fourth-order valence-corrected chi connectivity index (χ4v) is 4.46. The van der Waals surface area contributed by atoms with Gasteiger partial charge in [0.05, 0.1) is 15.1 Å². The van der Waals surface area contributed by atoms with E-state index in [0.717, 1.165) is 17.2 Å². The van der Waals surface area contributed by atoms with E-state index in [-0.39, 0.29) is 15.3 Å². The quantitative estimate of drug-likeness (QED) is 0.686. The molecule has 0 aliphatic heterocycles. The maximum atomic E-state index is 13.8. The SMILES string of the molecule is Cc1ccc(N(CC(C)C)S(=O)(=O)c2ccc(Br)c(F)c2)c(C)c1. The first-order chi connectivity index (χ1) is 11.1. The number of hydrogen-bond donors (Lipinski definition) is 0. The molecule has 0 atom stereocenters. The zero-order valence-corrected chi connectivity index (χ0v) is 16.6. The van der Waals surface area contributed by atoms with Crippen molar-refractivity contribution in [2.24, 2.45) is 5.92 Å². The number of rotatable bonds is 5. The van der Waals surface area contributed by atoms with Gasteiger partial charge >= 0.3 is 0 Å². The minimum absolute atomic E-state index is 0.0520. The number of benzene rings is 2. The predicted octanol–water partition coefficient (Wildman–Crippen LogP) is 5.06. The lowest BCUT2D eigenvalue weighted by Crippen LogP contribution is -2.35. The van der Waals surface area contributed by atoms with Crippen LogP contribution in [-0.2, 0) is 10.0 Å². The molecule has 0 aliphatic carbocycles. The van der Waals surface area contributed by atoms with Crippen LogP contribution in [-0.4, -0.2) is 15.0 Å². The molecule has 0 aliphatic rings. The summed E-state index contributed by atoms with van der Waals surface area (Å²) >= 11 is 3.05. The van der Waals surface area contributed by atoms with E-state index in [9.17, 15) is 12.8 Å². The Hall–Kier alpha value is -1.40. The van der Waals surface area contributed by atoms with E-state index < -0.39 is 15.8 Å². The van der Waals surface area contributed by atoms with Crippen molar-refractivity contribution < 1.29 is 12.8 Å². The van der Waals surface area contributed by atoms with Crippen LogP contribution in [0.3, 0.4) is 0 Å². The molecule has 2 aromatic carbocycles. The van der Waals surface area contributed by atoms with Gasteiger partial charge in [-0.05, 0) is 65.5 Å². The summed E-state index contributed by atoms with van der Waals surface area (Å²) in [5.41, 5.74) is 2.56. The van der Waals surface area contributed by atoms with Crippen molar-refractivity contribution in [3.8, 4) is 0 Å². The maximum absolute atomic E-state index is 13.8. The molecule has 0 fully saturated rings. The summed E-state index contributed by atoms with van der Waals surface area (Å²) in [7, 11) is -3.85. The third-order valence-electron chi connectivity index (χ3n) is 3.63. The summed E-state index contributed by atoms with van der Waals surface area (Å²) in [6.07, 6.45) is 0. The summed E-state index contributed by atoms with van der Waals surface area (Å²) in [6.45, 7) is 8.07. The molecule has 130 valence electrons. The van der Waals surface area contributed by atoms with E-state index in [1.807, 2.05) is 39.8 Å². The van der Waals surface area contributed by atoms with Crippen LogP contribution >= 0.6 is 15.9 Å². The van der Waals surface area contributed by atoms with Crippen LogP contribution in [0, 0.1) is 25.6 Å². The highest BCUT2D eigenvalue weighted by Crippen LogP contribution is 2.30. The van der Waals surface area contributed by atoms with Gasteiger partial charge in [0.1, 0.15) is 5.82 Å². The van der Waals surface area contributed by atoms with Gasteiger partial charge in [-0.1, -0.05) is 31.5 Å². The Labute approximate surface area is 151 Å². The molecule has 0 saturated heterocycles. The van der Waals surface area contributed by atoms with Gasteiger partial charge in [-0.3, -0.25) is 4.31 Å². The lowest BCUT2D eigenvalue weighted by molar-refractivity contribution is 0.574. The van der Waals surface area contributed by atoms with Gasteiger partial charge in [-0.2, -0.15) is 0 Å². The highest BCUT2D eigenvalue weighted by Gasteiger charge is 2.27. The minimum Gasteiger partial charge on any atom is -0.266 e. The van der Waals surface area contributed by atoms with Gasteiger partial charge < -0.3 is 0 Å². The number of hydrogen-bond acceptors (Lipinski definition) is 2. The van der Waals surface area contributed by atoms with Crippen molar-refractivity contribution in [1.82, 2.24) is 0 Å². The average Bonchev–Trinajstić information content (AvgIpc) is 2.48. The van der Waals surface area contributed by atoms with E-state index in [1.54, 1.807) is 6.07 Å². The Morgan fingerprint density at radius 1 is 1.12 bits per heavy atom. The molecule has 0 aromatic heterocycles. The van der Waals surface area contributed by atoms with E-state index >= 15 is 0 Å². The Balaban J connectivity index is 2.59. The summed E-state index contributed by atoms with van der Waals surface area (Å²) in [5.74, 6) is -0.470. The topological polar surface area (TPSA) is 37.4 Å². The van der Waals surface area contributed by atoms with Crippen LogP contribution in [0.15, 0.2) is 45.8 Å². The van der Waals surface area contributed by atoms with Crippen molar-refractivity contribution in [3.05, 3.63) is 57.8 Å². The highest BCUT2D eigenvalue weighted by molar-refractivity contribution is 9.10. The monoisotopic (exact) mass is 413 g/mol. The standard InChI is InChI=1S/C18H21BrFNO2S/c1-12(2)11-21(18-8-5-13(3)9-14(18)4)24(22,23)15-6-7-16(19)17(20)10-15/h5-10,12H,11H2,1-4H3. The molecule has 2 rings (SSSR count). The summed E-state index contributed by atoms with van der Waals surface area (Å²) in [4.78, 5) is -0.0520. The number of halogens is 2. The lowest BCUT2D eigenvalue weighted by atomic mass is 10.1. The number of aryl methyl sites for hydroxylation is 2. The second-order valence-electron chi connectivity index (χ2n) is 6.30. The molecular weight excluding hydrogens is 393 g/mol. The average molecular weight is 414 g/mol. The smallest absolute Gasteiger partial charge is 0.264 e. The van der Waals surface area contributed by atoms with Crippen LogP contribution in [0.1, 0.15) is 25.0 Å². The number of nitrogens with zero attached hydrogens (tertiary/aromatic N) is 1. The second kappa shape index (κ2) is 7.23. The van der Waals surface area contributed by atoms with E-state index in [0.29, 0.717) is 12.2 Å². The Bertz CT molecular complexity index is 850. The first-order valence-corrected chi connectivity index (χ1v) is 9.91. The van der Waals surface area contributed by atoms with E-state index in [1.165, 1.54) is 16.4 Å². The zero-order valence-electron chi connectivity index (χ0n) is 14.2. The molecule has 0 unspecified atom stereocenters. The van der Waals surface area contributed by atoms with Crippen LogP contribution < -0.4 is 4.31 Å². The minimum atomic E-state index is -3.85. The van der Waals surface area contributed by atoms with Crippen LogP contribution in [0.5, 0.6) is 0 Å². The molecule has 0 radical (unpaired) electrons. The largest absolute Gasteiger partial charge is 0.266 e. The summed E-state index contributed by atoms with van der Waals surface area (Å²) < 4.78 is 41.7. The highest BCUT2D eigenvalue weighted by atomic mass is 79.9. The summed E-state index contributed by atoms with van der Waals surface area (Å²) in [6, 6.07) is 9.51. The van der Waals surface area contributed by atoms with Gasteiger partial charge in [0.15, 0.2) is 0 Å². The molecule has 0 N–H and O–H groups in total. The Morgan fingerprint density at radius 3 is 2.33 bits per heavy atom. The van der Waals surface area contributed by atoms with Gasteiger partial charge in [-0.15, -0.1) is 0 Å². The van der Waals surface area contributed by atoms with Crippen molar-refractivity contribution in [2.75, 3.05) is 10.8 Å². The molecule has 0 spiro atoms. The molecule has 24 heavy (non-hydrogen) atoms. The lowest BCUT2D eigenvalue weighted by Gasteiger charge is -2.28. The normalized spacial score (nSPS) is 11.8. The Morgan fingerprint density at radius 2 is 1.79 bits per heavy atom. The van der Waals surface area contributed by atoms with Crippen LogP contribution in [0.25, 0.3) is 0 Å². The third kappa shape index (κ3) is 3.98. The fraction of sp³-hybridized carbons (Fsp3) is 0.333. The number of anilines is 1. The van der Waals surface area contributed by atoms with Crippen LogP contribution in [0.4, 0.5) is 10.1 Å². The molecule has 3 nitrogen and oxygen atoms in total. The van der Waals surface area contributed by atoms with E-state index in [2.05, 4.69) is 15.9 Å². The molecular formula is C18H21BrFNO2S.